The fourth-order valence-electron chi connectivity index (χ4n) is 1.53. The zero-order valence-corrected chi connectivity index (χ0v) is 14.7. The van der Waals surface area contributed by atoms with E-state index < -0.39 is 5.97 Å². The van der Waals surface area contributed by atoms with E-state index >= 15 is 0 Å². The Hall–Kier alpha value is -1.08. The number of hydrogen-bond donors (Lipinski definition) is 2. The van der Waals surface area contributed by atoms with E-state index in [4.69, 9.17) is 27.9 Å². The molecule has 1 aromatic heterocycles. The summed E-state index contributed by atoms with van der Waals surface area (Å²) in [4.78, 5) is 11.7. The number of esters is 1. The fourth-order valence-corrected chi connectivity index (χ4v) is 3.90. The molecule has 0 amide bonds. The van der Waals surface area contributed by atoms with Crippen LogP contribution in [-0.2, 0) is 4.74 Å². The molecular formula is C14H13Cl2NO3S2. The van der Waals surface area contributed by atoms with Crippen molar-refractivity contribution in [3.8, 4) is 5.75 Å². The average Bonchev–Trinajstić information content (AvgIpc) is 2.81. The molecule has 2 rings (SSSR count). The number of benzene rings is 1. The van der Waals surface area contributed by atoms with Crippen LogP contribution in [0.1, 0.15) is 23.7 Å². The molecule has 1 heterocycles. The van der Waals surface area contributed by atoms with Gasteiger partial charge in [-0.15, -0.1) is 11.3 Å². The lowest BCUT2D eigenvalue weighted by molar-refractivity contribution is 0.0502. The molecule has 4 nitrogen and oxygen atoms in total. The maximum atomic E-state index is 11.7. The standard InChI is InChI=1S/C14H13Cl2NO3S2/c1-2-5-20-14(19)9-4-3-8(6-11(9)18)17-22-12-7-10(15)13(16)21-12/h3-4,6-7,17-18H,2,5H2,1H3. The van der Waals surface area contributed by atoms with E-state index in [1.165, 1.54) is 35.4 Å². The third-order valence-electron chi connectivity index (χ3n) is 2.55. The molecule has 0 fully saturated rings. The number of phenolic OH excluding ortho intramolecular Hbond substituents is 1. The van der Waals surface area contributed by atoms with Gasteiger partial charge >= 0.3 is 5.97 Å². The van der Waals surface area contributed by atoms with Gasteiger partial charge in [0.2, 0.25) is 0 Å². The minimum Gasteiger partial charge on any atom is -0.507 e. The van der Waals surface area contributed by atoms with Crippen molar-refractivity contribution in [2.75, 3.05) is 11.3 Å². The topological polar surface area (TPSA) is 58.6 Å². The van der Waals surface area contributed by atoms with Crippen molar-refractivity contribution in [1.82, 2.24) is 0 Å². The maximum Gasteiger partial charge on any atom is 0.341 e. The number of thiophene rings is 1. The van der Waals surface area contributed by atoms with Gasteiger partial charge in [-0.3, -0.25) is 0 Å². The highest BCUT2D eigenvalue weighted by Crippen LogP contribution is 2.37. The van der Waals surface area contributed by atoms with Gasteiger partial charge < -0.3 is 14.6 Å². The van der Waals surface area contributed by atoms with E-state index in [0.717, 1.165) is 10.6 Å². The molecule has 8 heteroatoms. The number of carbonyl (C=O) groups excluding carboxylic acids is 1. The van der Waals surface area contributed by atoms with Crippen LogP contribution in [0.5, 0.6) is 5.75 Å². The molecule has 0 aliphatic carbocycles. The Morgan fingerprint density at radius 2 is 2.18 bits per heavy atom. The lowest BCUT2D eigenvalue weighted by Gasteiger charge is -2.08. The van der Waals surface area contributed by atoms with E-state index in [9.17, 15) is 9.90 Å². The van der Waals surface area contributed by atoms with Crippen LogP contribution in [0.2, 0.25) is 9.36 Å². The van der Waals surface area contributed by atoms with Crippen molar-refractivity contribution in [2.45, 2.75) is 17.6 Å². The molecule has 0 unspecified atom stereocenters. The normalized spacial score (nSPS) is 10.5. The largest absolute Gasteiger partial charge is 0.507 e. The van der Waals surface area contributed by atoms with Crippen molar-refractivity contribution < 1.29 is 14.6 Å². The summed E-state index contributed by atoms with van der Waals surface area (Å²) in [6.45, 7) is 2.23. The van der Waals surface area contributed by atoms with E-state index in [2.05, 4.69) is 4.72 Å². The van der Waals surface area contributed by atoms with Crippen LogP contribution < -0.4 is 4.72 Å². The summed E-state index contributed by atoms with van der Waals surface area (Å²) < 4.78 is 9.46. The molecule has 1 aromatic carbocycles. The van der Waals surface area contributed by atoms with Crippen LogP contribution in [0.15, 0.2) is 28.5 Å². The van der Waals surface area contributed by atoms with Crippen molar-refractivity contribution in [1.29, 1.82) is 0 Å². The highest BCUT2D eigenvalue weighted by molar-refractivity contribution is 8.02. The number of anilines is 1. The molecule has 0 atom stereocenters. The van der Waals surface area contributed by atoms with Gasteiger partial charge in [0, 0.05) is 11.8 Å². The van der Waals surface area contributed by atoms with E-state index in [-0.39, 0.29) is 11.3 Å². The van der Waals surface area contributed by atoms with Gasteiger partial charge in [0.15, 0.2) is 0 Å². The Bertz CT molecular complexity index is 657. The van der Waals surface area contributed by atoms with Crippen molar-refractivity contribution in [2.24, 2.45) is 0 Å². The molecule has 0 aliphatic heterocycles. The lowest BCUT2D eigenvalue weighted by Crippen LogP contribution is -2.06. The molecule has 0 spiro atoms. The number of aromatic hydroxyl groups is 1. The van der Waals surface area contributed by atoms with Gasteiger partial charge in [0.1, 0.15) is 15.6 Å². The summed E-state index contributed by atoms with van der Waals surface area (Å²) in [5.74, 6) is -0.663. The summed E-state index contributed by atoms with van der Waals surface area (Å²) >= 11 is 14.4. The number of carbonyl (C=O) groups is 1. The molecule has 2 N–H and O–H groups in total. The number of halogens is 2. The van der Waals surface area contributed by atoms with Crippen LogP contribution in [0.4, 0.5) is 5.69 Å². The Morgan fingerprint density at radius 1 is 1.41 bits per heavy atom. The van der Waals surface area contributed by atoms with Crippen LogP contribution >= 0.6 is 46.5 Å². The second-order valence-electron chi connectivity index (χ2n) is 4.26. The quantitative estimate of drug-likeness (QED) is 0.517. The number of nitrogens with one attached hydrogen (secondary N) is 1. The lowest BCUT2D eigenvalue weighted by atomic mass is 10.2. The van der Waals surface area contributed by atoms with Crippen LogP contribution in [0, 0.1) is 0 Å². The number of rotatable bonds is 6. The van der Waals surface area contributed by atoms with Crippen LogP contribution in [0.25, 0.3) is 0 Å². The first-order chi connectivity index (χ1) is 10.5. The Balaban J connectivity index is 2.01. The van der Waals surface area contributed by atoms with Gasteiger partial charge in [-0.25, -0.2) is 4.79 Å². The van der Waals surface area contributed by atoms with Crippen molar-refractivity contribution in [3.05, 3.63) is 39.2 Å². The van der Waals surface area contributed by atoms with Crippen LogP contribution in [-0.4, -0.2) is 17.7 Å². The predicted molar refractivity (Wildman–Crippen MR) is 92.5 cm³/mol. The first kappa shape index (κ1) is 17.3. The summed E-state index contributed by atoms with van der Waals surface area (Å²) in [7, 11) is 0. The summed E-state index contributed by atoms with van der Waals surface area (Å²) in [5, 5.41) is 10.4. The molecule has 0 saturated carbocycles. The first-order valence-corrected chi connectivity index (χ1v) is 8.78. The summed E-state index contributed by atoms with van der Waals surface area (Å²) in [6, 6.07) is 6.42. The van der Waals surface area contributed by atoms with Gasteiger partial charge in [-0.1, -0.05) is 30.1 Å². The van der Waals surface area contributed by atoms with Gasteiger partial charge in [-0.05, 0) is 36.6 Å². The molecule has 0 saturated heterocycles. The number of ether oxygens (including phenoxy) is 1. The van der Waals surface area contributed by atoms with Crippen molar-refractivity contribution in [3.63, 3.8) is 0 Å². The zero-order valence-electron chi connectivity index (χ0n) is 11.6. The minimum absolute atomic E-state index is 0.131. The third-order valence-corrected chi connectivity index (χ3v) is 5.36. The Kier molecular flexibility index (Phi) is 6.26. The molecule has 0 aliphatic rings. The maximum absolute atomic E-state index is 11.7. The van der Waals surface area contributed by atoms with Gasteiger partial charge in [-0.2, -0.15) is 0 Å². The molecule has 0 bridgehead atoms. The van der Waals surface area contributed by atoms with Gasteiger partial charge in [0.25, 0.3) is 0 Å². The smallest absolute Gasteiger partial charge is 0.341 e. The molecular weight excluding hydrogens is 365 g/mol. The zero-order chi connectivity index (χ0) is 16.1. The second-order valence-corrected chi connectivity index (χ2v) is 7.43. The average molecular weight is 378 g/mol. The number of phenols is 1. The van der Waals surface area contributed by atoms with E-state index in [1.54, 1.807) is 12.1 Å². The Morgan fingerprint density at radius 3 is 2.77 bits per heavy atom. The monoisotopic (exact) mass is 377 g/mol. The summed E-state index contributed by atoms with van der Waals surface area (Å²) in [5.41, 5.74) is 0.793. The van der Waals surface area contributed by atoms with Crippen molar-refractivity contribution >= 4 is 58.1 Å². The molecule has 22 heavy (non-hydrogen) atoms. The highest BCUT2D eigenvalue weighted by atomic mass is 35.5. The third kappa shape index (κ3) is 4.46. The number of hydrogen-bond acceptors (Lipinski definition) is 6. The minimum atomic E-state index is -0.532. The molecule has 2 aromatic rings. The Labute approximate surface area is 146 Å². The molecule has 118 valence electrons. The van der Waals surface area contributed by atoms with Crippen LogP contribution in [0.3, 0.4) is 0 Å². The SMILES string of the molecule is CCCOC(=O)c1ccc(NSc2cc(Cl)c(Cl)s2)cc1O. The predicted octanol–water partition coefficient (Wildman–Crippen LogP) is 5.45. The fraction of sp³-hybridized carbons (Fsp3) is 0.214. The second kappa shape index (κ2) is 7.97. The van der Waals surface area contributed by atoms with E-state index in [1.807, 2.05) is 6.92 Å². The first-order valence-electron chi connectivity index (χ1n) is 6.39. The van der Waals surface area contributed by atoms with Gasteiger partial charge in [0.05, 0.1) is 15.8 Å². The molecule has 0 radical (unpaired) electrons. The highest BCUT2D eigenvalue weighted by Gasteiger charge is 2.13. The summed E-state index contributed by atoms with van der Waals surface area (Å²) in [6.07, 6.45) is 0.731. The van der Waals surface area contributed by atoms with E-state index in [0.29, 0.717) is 21.7 Å².